The number of nitrogens with zero attached hydrogens (tertiary/aromatic N) is 1. The molecule has 0 saturated heterocycles. The van der Waals surface area contributed by atoms with Crippen molar-refractivity contribution in [2.45, 2.75) is 24.8 Å². The van der Waals surface area contributed by atoms with Crippen molar-refractivity contribution in [3.63, 3.8) is 0 Å². The summed E-state index contributed by atoms with van der Waals surface area (Å²) >= 11 is 0. The Hall–Kier alpha value is -3.40. The Morgan fingerprint density at radius 3 is 2.60 bits per heavy atom. The number of ether oxygens (including phenoxy) is 2. The quantitative estimate of drug-likeness (QED) is 0.643. The lowest BCUT2D eigenvalue weighted by molar-refractivity contribution is -0.148. The van der Waals surface area contributed by atoms with Gasteiger partial charge in [0.2, 0.25) is 0 Å². The molecule has 1 amide bonds. The Morgan fingerprint density at radius 2 is 1.83 bits per heavy atom. The fraction of sp³-hybridized carbons (Fsp3) is 0.250. The van der Waals surface area contributed by atoms with Crippen LogP contribution in [0.25, 0.3) is 0 Å². The number of para-hydroxylation sites is 2. The first kappa shape index (κ1) is 21.3. The van der Waals surface area contributed by atoms with E-state index in [9.17, 15) is 18.0 Å². The first-order valence-corrected chi connectivity index (χ1v) is 10.7. The molecule has 3 rings (SSSR count). The summed E-state index contributed by atoms with van der Waals surface area (Å²) in [6, 6.07) is 12.2. The number of esters is 1. The van der Waals surface area contributed by atoms with Crippen molar-refractivity contribution in [2.24, 2.45) is 4.99 Å². The SMILES string of the molecule is CCOc1ccccc1NC(=O)COC(=O)[C@H](C)N=C1NS(=O)(=O)c2ccccc21. The molecule has 2 aromatic carbocycles. The van der Waals surface area contributed by atoms with Crippen LogP contribution in [0.15, 0.2) is 58.4 Å². The molecule has 0 spiro atoms. The molecule has 1 aliphatic rings. The monoisotopic (exact) mass is 431 g/mol. The van der Waals surface area contributed by atoms with Gasteiger partial charge in [-0.1, -0.05) is 24.3 Å². The van der Waals surface area contributed by atoms with Crippen molar-refractivity contribution < 1.29 is 27.5 Å². The number of nitrogens with one attached hydrogen (secondary N) is 2. The molecule has 0 radical (unpaired) electrons. The second-order valence-corrected chi connectivity index (χ2v) is 7.99. The van der Waals surface area contributed by atoms with E-state index in [0.717, 1.165) is 0 Å². The summed E-state index contributed by atoms with van der Waals surface area (Å²) in [5.74, 6) is -0.738. The Kier molecular flexibility index (Phi) is 6.36. The number of fused-ring (bicyclic) bond motifs is 1. The molecular weight excluding hydrogens is 410 g/mol. The van der Waals surface area contributed by atoms with Crippen LogP contribution in [0.2, 0.25) is 0 Å². The summed E-state index contributed by atoms with van der Waals surface area (Å²) in [6.45, 7) is 3.20. The van der Waals surface area contributed by atoms with Gasteiger partial charge in [0.05, 0.1) is 17.2 Å². The maximum Gasteiger partial charge on any atom is 0.331 e. The van der Waals surface area contributed by atoms with E-state index in [1.165, 1.54) is 13.0 Å². The summed E-state index contributed by atoms with van der Waals surface area (Å²) in [7, 11) is -3.70. The summed E-state index contributed by atoms with van der Waals surface area (Å²) in [4.78, 5) is 28.5. The Balaban J connectivity index is 1.61. The normalized spacial score (nSPS) is 16.3. The largest absolute Gasteiger partial charge is 0.492 e. The van der Waals surface area contributed by atoms with Gasteiger partial charge in [-0.2, -0.15) is 0 Å². The number of rotatable bonds is 7. The number of hydrogen-bond acceptors (Lipinski definition) is 7. The molecular formula is C20H21N3O6S. The zero-order valence-electron chi connectivity index (χ0n) is 16.4. The number of carbonyl (C=O) groups is 2. The van der Waals surface area contributed by atoms with Crippen LogP contribution >= 0.6 is 0 Å². The van der Waals surface area contributed by atoms with Crippen molar-refractivity contribution in [2.75, 3.05) is 18.5 Å². The molecule has 1 aliphatic heterocycles. The van der Waals surface area contributed by atoms with Crippen molar-refractivity contribution in [1.29, 1.82) is 0 Å². The second kappa shape index (κ2) is 8.95. The summed E-state index contributed by atoms with van der Waals surface area (Å²) in [6.07, 6.45) is 0. The van der Waals surface area contributed by atoms with E-state index in [-0.39, 0.29) is 10.7 Å². The highest BCUT2D eigenvalue weighted by molar-refractivity contribution is 7.90. The standard InChI is InChI=1S/C20H21N3O6S/c1-3-28-16-10-6-5-9-15(16)22-18(24)12-29-20(25)13(2)21-19-14-8-4-7-11-17(14)30(26,27)23-19/h4-11,13H,3,12H2,1-2H3,(H,21,23)(H,22,24)/t13-/m0/s1. The molecule has 0 unspecified atom stereocenters. The maximum atomic E-state index is 12.2. The van der Waals surface area contributed by atoms with E-state index in [2.05, 4.69) is 15.0 Å². The maximum absolute atomic E-state index is 12.2. The van der Waals surface area contributed by atoms with Gasteiger partial charge in [0.15, 0.2) is 6.61 Å². The number of amidine groups is 1. The highest BCUT2D eigenvalue weighted by atomic mass is 32.2. The first-order chi connectivity index (χ1) is 14.3. The number of sulfonamides is 1. The molecule has 2 N–H and O–H groups in total. The Morgan fingerprint density at radius 1 is 1.13 bits per heavy atom. The van der Waals surface area contributed by atoms with Crippen LogP contribution in [-0.4, -0.2) is 45.4 Å². The van der Waals surface area contributed by atoms with Crippen molar-refractivity contribution >= 4 is 33.4 Å². The third-order valence-corrected chi connectivity index (χ3v) is 5.53. The van der Waals surface area contributed by atoms with Crippen molar-refractivity contribution in [1.82, 2.24) is 4.72 Å². The topological polar surface area (TPSA) is 123 Å². The molecule has 10 heteroatoms. The van der Waals surface area contributed by atoms with E-state index < -0.39 is 34.5 Å². The van der Waals surface area contributed by atoms with Gasteiger partial charge in [-0.3, -0.25) is 14.5 Å². The van der Waals surface area contributed by atoms with Crippen LogP contribution in [-0.2, 0) is 24.3 Å². The fourth-order valence-electron chi connectivity index (χ4n) is 2.77. The minimum atomic E-state index is -3.70. The zero-order chi connectivity index (χ0) is 21.7. The smallest absolute Gasteiger partial charge is 0.331 e. The Labute approximate surface area is 174 Å². The van der Waals surface area contributed by atoms with E-state index in [1.54, 1.807) is 42.5 Å². The molecule has 30 heavy (non-hydrogen) atoms. The minimum Gasteiger partial charge on any atom is -0.492 e. The molecule has 0 bridgehead atoms. The van der Waals surface area contributed by atoms with Crippen LogP contribution in [0.3, 0.4) is 0 Å². The lowest BCUT2D eigenvalue weighted by Crippen LogP contribution is -2.28. The average Bonchev–Trinajstić information content (AvgIpc) is 2.98. The first-order valence-electron chi connectivity index (χ1n) is 9.20. The van der Waals surface area contributed by atoms with Crippen molar-refractivity contribution in [3.8, 4) is 5.75 Å². The van der Waals surface area contributed by atoms with Crippen molar-refractivity contribution in [3.05, 3.63) is 54.1 Å². The van der Waals surface area contributed by atoms with Gasteiger partial charge in [-0.25, -0.2) is 13.2 Å². The molecule has 0 saturated carbocycles. The lowest BCUT2D eigenvalue weighted by atomic mass is 10.2. The molecule has 0 aromatic heterocycles. The second-order valence-electron chi connectivity index (χ2n) is 6.34. The van der Waals surface area contributed by atoms with E-state index in [1.807, 2.05) is 6.92 Å². The lowest BCUT2D eigenvalue weighted by Gasteiger charge is -2.12. The molecule has 2 aromatic rings. The van der Waals surface area contributed by atoms with E-state index >= 15 is 0 Å². The third kappa shape index (κ3) is 4.77. The highest BCUT2D eigenvalue weighted by Gasteiger charge is 2.31. The van der Waals surface area contributed by atoms with Gasteiger partial charge >= 0.3 is 5.97 Å². The predicted molar refractivity (Wildman–Crippen MR) is 110 cm³/mol. The molecule has 0 fully saturated rings. The number of carbonyl (C=O) groups excluding carboxylic acids is 2. The summed E-state index contributed by atoms with van der Waals surface area (Å²) in [5, 5.41) is 2.62. The van der Waals surface area contributed by atoms with E-state index in [4.69, 9.17) is 9.47 Å². The average molecular weight is 431 g/mol. The predicted octanol–water partition coefficient (Wildman–Crippen LogP) is 1.69. The summed E-state index contributed by atoms with van der Waals surface area (Å²) in [5.41, 5.74) is 0.841. The molecule has 9 nitrogen and oxygen atoms in total. The van der Waals surface area contributed by atoms with Crippen LogP contribution in [0, 0.1) is 0 Å². The van der Waals surface area contributed by atoms with Gasteiger partial charge in [-0.05, 0) is 38.1 Å². The number of amides is 1. The molecule has 0 aliphatic carbocycles. The zero-order valence-corrected chi connectivity index (χ0v) is 17.2. The Bertz CT molecular complexity index is 1100. The number of aliphatic imine (C=N–C) groups is 1. The van der Waals surface area contributed by atoms with Crippen LogP contribution in [0.4, 0.5) is 5.69 Å². The fourth-order valence-corrected chi connectivity index (χ4v) is 4.01. The molecule has 1 atom stereocenters. The van der Waals surface area contributed by atoms with Gasteiger partial charge in [0, 0.05) is 5.56 Å². The van der Waals surface area contributed by atoms with Gasteiger partial charge in [0.1, 0.15) is 17.6 Å². The summed E-state index contributed by atoms with van der Waals surface area (Å²) < 4.78 is 37.0. The minimum absolute atomic E-state index is 0.0603. The van der Waals surface area contributed by atoms with Gasteiger partial charge < -0.3 is 14.8 Å². The highest BCUT2D eigenvalue weighted by Crippen LogP contribution is 2.24. The third-order valence-electron chi connectivity index (χ3n) is 4.13. The van der Waals surface area contributed by atoms with E-state index in [0.29, 0.717) is 23.6 Å². The van der Waals surface area contributed by atoms with Gasteiger partial charge in [0.25, 0.3) is 15.9 Å². The number of benzene rings is 2. The van der Waals surface area contributed by atoms with Crippen LogP contribution in [0.5, 0.6) is 5.75 Å². The number of hydrogen-bond donors (Lipinski definition) is 2. The molecule has 158 valence electrons. The van der Waals surface area contributed by atoms with Crippen LogP contribution in [0.1, 0.15) is 19.4 Å². The van der Waals surface area contributed by atoms with Crippen LogP contribution < -0.4 is 14.8 Å². The number of anilines is 1. The van der Waals surface area contributed by atoms with Gasteiger partial charge in [-0.15, -0.1) is 0 Å². The molecule has 1 heterocycles.